The summed E-state index contributed by atoms with van der Waals surface area (Å²) >= 11 is 2.03. The van der Waals surface area contributed by atoms with E-state index < -0.39 is 0 Å². The summed E-state index contributed by atoms with van der Waals surface area (Å²) in [5.41, 5.74) is 0.137. The number of rotatable bonds is 2. The molecule has 1 spiro atoms. The maximum atomic E-state index is 10.7. The number of ether oxygens (including phenoxy) is 1. The van der Waals surface area contributed by atoms with Gasteiger partial charge < -0.3 is 9.84 Å². The van der Waals surface area contributed by atoms with Gasteiger partial charge in [0.15, 0.2) is 0 Å². The predicted molar refractivity (Wildman–Crippen MR) is 73.7 cm³/mol. The monoisotopic (exact) mass is 268 g/mol. The molecule has 0 radical (unpaired) electrons. The van der Waals surface area contributed by atoms with E-state index in [0.717, 1.165) is 37.0 Å². The van der Waals surface area contributed by atoms with Crippen LogP contribution in [0.15, 0.2) is 0 Å². The van der Waals surface area contributed by atoms with Crippen LogP contribution >= 0.6 is 11.8 Å². The van der Waals surface area contributed by atoms with Crippen LogP contribution in [0.25, 0.3) is 0 Å². The Morgan fingerprint density at radius 3 is 2.78 bits per heavy atom. The number of hydrogen-bond donors (Lipinski definition) is 1. The standard InChI is InChI=1S/C15H24O2S/c16-14(13-11-2-1-3-12(11)13)10-4-6-17-15(8-10)5-7-18-9-15/h10-14,16H,1-9H2. The van der Waals surface area contributed by atoms with Gasteiger partial charge in [0.2, 0.25) is 0 Å². The fourth-order valence-electron chi connectivity index (χ4n) is 4.92. The molecular formula is C15H24O2S. The lowest BCUT2D eigenvalue weighted by molar-refractivity contribution is -0.105. The highest BCUT2D eigenvalue weighted by molar-refractivity contribution is 7.99. The quantitative estimate of drug-likeness (QED) is 0.835. The maximum absolute atomic E-state index is 10.7. The zero-order valence-electron chi connectivity index (χ0n) is 11.0. The summed E-state index contributed by atoms with van der Waals surface area (Å²) in [4.78, 5) is 0. The lowest BCUT2D eigenvalue weighted by atomic mass is 9.80. The van der Waals surface area contributed by atoms with Gasteiger partial charge in [0.1, 0.15) is 0 Å². The minimum Gasteiger partial charge on any atom is -0.393 e. The van der Waals surface area contributed by atoms with Gasteiger partial charge in [-0.1, -0.05) is 6.42 Å². The molecule has 0 aromatic carbocycles. The molecule has 4 rings (SSSR count). The Morgan fingerprint density at radius 2 is 2.06 bits per heavy atom. The Balaban J connectivity index is 1.42. The molecule has 18 heavy (non-hydrogen) atoms. The molecule has 2 heterocycles. The molecule has 5 atom stereocenters. The van der Waals surface area contributed by atoms with Crippen molar-refractivity contribution < 1.29 is 9.84 Å². The lowest BCUT2D eigenvalue weighted by Crippen LogP contribution is -2.43. The van der Waals surface area contributed by atoms with Crippen LogP contribution in [-0.4, -0.2) is 34.9 Å². The van der Waals surface area contributed by atoms with E-state index in [1.165, 1.54) is 31.4 Å². The summed E-state index contributed by atoms with van der Waals surface area (Å²) in [6.07, 6.45) is 7.57. The first kappa shape index (κ1) is 12.0. The van der Waals surface area contributed by atoms with Crippen LogP contribution in [-0.2, 0) is 4.74 Å². The van der Waals surface area contributed by atoms with Gasteiger partial charge in [-0.25, -0.2) is 0 Å². The smallest absolute Gasteiger partial charge is 0.0783 e. The van der Waals surface area contributed by atoms with Crippen molar-refractivity contribution in [1.82, 2.24) is 0 Å². The SMILES string of the molecule is OC(C1CCOC2(CCSC2)C1)C1C2CCCC21. The number of thioether (sulfide) groups is 1. The summed E-state index contributed by atoms with van der Waals surface area (Å²) in [6.45, 7) is 0.879. The third-order valence-electron chi connectivity index (χ3n) is 5.95. The van der Waals surface area contributed by atoms with Gasteiger partial charge in [0, 0.05) is 12.4 Å². The average molecular weight is 268 g/mol. The molecule has 2 saturated carbocycles. The Morgan fingerprint density at radius 1 is 1.22 bits per heavy atom. The number of aliphatic hydroxyl groups excluding tert-OH is 1. The Kier molecular flexibility index (Phi) is 2.94. The highest BCUT2D eigenvalue weighted by Gasteiger charge is 2.58. The minimum atomic E-state index is -0.0216. The summed E-state index contributed by atoms with van der Waals surface area (Å²) < 4.78 is 6.07. The molecular weight excluding hydrogens is 244 g/mol. The molecule has 0 bridgehead atoms. The highest BCUT2D eigenvalue weighted by Crippen LogP contribution is 2.60. The van der Waals surface area contributed by atoms with Crippen molar-refractivity contribution in [3.63, 3.8) is 0 Å². The normalized spacial score (nSPS) is 52.5. The predicted octanol–water partition coefficient (Wildman–Crippen LogP) is 2.70. The Hall–Kier alpha value is 0.270. The summed E-state index contributed by atoms with van der Waals surface area (Å²) in [6, 6.07) is 0. The van der Waals surface area contributed by atoms with E-state index in [1.807, 2.05) is 11.8 Å². The molecule has 2 aliphatic heterocycles. The number of hydrogen-bond acceptors (Lipinski definition) is 3. The Bertz CT molecular complexity index is 316. The maximum Gasteiger partial charge on any atom is 0.0783 e. The van der Waals surface area contributed by atoms with Crippen molar-refractivity contribution in [3.05, 3.63) is 0 Å². The van der Waals surface area contributed by atoms with E-state index in [1.54, 1.807) is 0 Å². The molecule has 3 heteroatoms. The first-order chi connectivity index (χ1) is 8.79. The summed E-state index contributed by atoms with van der Waals surface area (Å²) in [7, 11) is 0. The van der Waals surface area contributed by atoms with Crippen molar-refractivity contribution in [2.24, 2.45) is 23.7 Å². The Labute approximate surface area is 114 Å². The fourth-order valence-corrected chi connectivity index (χ4v) is 6.30. The third-order valence-corrected chi connectivity index (χ3v) is 7.17. The van der Waals surface area contributed by atoms with Crippen molar-refractivity contribution in [1.29, 1.82) is 0 Å². The highest BCUT2D eigenvalue weighted by atomic mass is 32.2. The van der Waals surface area contributed by atoms with Gasteiger partial charge in [-0.05, 0) is 61.5 Å². The topological polar surface area (TPSA) is 29.5 Å². The van der Waals surface area contributed by atoms with E-state index >= 15 is 0 Å². The minimum absolute atomic E-state index is 0.0216. The van der Waals surface area contributed by atoms with E-state index in [-0.39, 0.29) is 11.7 Å². The zero-order valence-corrected chi connectivity index (χ0v) is 11.8. The van der Waals surface area contributed by atoms with E-state index in [0.29, 0.717) is 11.8 Å². The van der Waals surface area contributed by atoms with Crippen LogP contribution < -0.4 is 0 Å². The molecule has 2 nitrogen and oxygen atoms in total. The molecule has 0 aromatic rings. The van der Waals surface area contributed by atoms with Crippen molar-refractivity contribution >= 4 is 11.8 Å². The first-order valence-corrected chi connectivity index (χ1v) is 8.84. The fraction of sp³-hybridized carbons (Fsp3) is 1.00. The van der Waals surface area contributed by atoms with Crippen LogP contribution in [0.2, 0.25) is 0 Å². The van der Waals surface area contributed by atoms with Crippen LogP contribution in [0, 0.1) is 23.7 Å². The van der Waals surface area contributed by atoms with Gasteiger partial charge in [0.05, 0.1) is 11.7 Å². The summed E-state index contributed by atoms with van der Waals surface area (Å²) in [5, 5.41) is 10.7. The third kappa shape index (κ3) is 1.85. The first-order valence-electron chi connectivity index (χ1n) is 7.69. The second-order valence-corrected chi connectivity index (χ2v) is 8.02. The molecule has 5 unspecified atom stereocenters. The molecule has 4 fully saturated rings. The van der Waals surface area contributed by atoms with Gasteiger partial charge in [0.25, 0.3) is 0 Å². The molecule has 2 aliphatic carbocycles. The van der Waals surface area contributed by atoms with Crippen LogP contribution in [0.5, 0.6) is 0 Å². The van der Waals surface area contributed by atoms with Gasteiger partial charge >= 0.3 is 0 Å². The van der Waals surface area contributed by atoms with Crippen LogP contribution in [0.3, 0.4) is 0 Å². The van der Waals surface area contributed by atoms with Crippen LogP contribution in [0.4, 0.5) is 0 Å². The molecule has 4 aliphatic rings. The molecule has 102 valence electrons. The average Bonchev–Trinajstić information content (AvgIpc) is 2.78. The molecule has 0 amide bonds. The second-order valence-electron chi connectivity index (χ2n) is 6.91. The number of aliphatic hydroxyl groups is 1. The van der Waals surface area contributed by atoms with Gasteiger partial charge in [-0.15, -0.1) is 0 Å². The molecule has 1 N–H and O–H groups in total. The molecule has 0 aromatic heterocycles. The van der Waals surface area contributed by atoms with E-state index in [4.69, 9.17) is 4.74 Å². The zero-order chi connectivity index (χ0) is 12.2. The van der Waals surface area contributed by atoms with E-state index in [9.17, 15) is 5.11 Å². The van der Waals surface area contributed by atoms with Gasteiger partial charge in [-0.3, -0.25) is 0 Å². The second kappa shape index (κ2) is 4.39. The molecule has 2 saturated heterocycles. The van der Waals surface area contributed by atoms with E-state index in [2.05, 4.69) is 0 Å². The lowest BCUT2D eigenvalue weighted by Gasteiger charge is -2.40. The van der Waals surface area contributed by atoms with Gasteiger partial charge in [-0.2, -0.15) is 11.8 Å². The van der Waals surface area contributed by atoms with Crippen molar-refractivity contribution in [2.45, 2.75) is 50.2 Å². The summed E-state index contributed by atoms with van der Waals surface area (Å²) in [5.74, 6) is 5.36. The largest absolute Gasteiger partial charge is 0.393 e. The van der Waals surface area contributed by atoms with Crippen molar-refractivity contribution in [2.75, 3.05) is 18.1 Å². The van der Waals surface area contributed by atoms with Crippen LogP contribution in [0.1, 0.15) is 38.5 Å². The number of fused-ring (bicyclic) bond motifs is 1. The van der Waals surface area contributed by atoms with Crippen molar-refractivity contribution in [3.8, 4) is 0 Å².